The van der Waals surface area contributed by atoms with Gasteiger partial charge in [0.1, 0.15) is 0 Å². The molecular weight excluding hydrogens is 240 g/mol. The lowest BCUT2D eigenvalue weighted by atomic mass is 9.47. The molecule has 4 rings (SSSR count). The third-order valence-electron chi connectivity index (χ3n) is 7.86. The summed E-state index contributed by atoms with van der Waals surface area (Å²) in [5.41, 5.74) is 4.37. The molecule has 0 heterocycles. The Morgan fingerprint density at radius 2 is 1.85 bits per heavy atom. The first kappa shape index (κ1) is 13.2. The van der Waals surface area contributed by atoms with Crippen molar-refractivity contribution in [3.63, 3.8) is 0 Å². The van der Waals surface area contributed by atoms with Crippen molar-refractivity contribution in [3.05, 3.63) is 23.8 Å². The highest BCUT2D eigenvalue weighted by Crippen LogP contribution is 2.65. The Morgan fingerprint density at radius 1 is 1.00 bits per heavy atom. The molecule has 0 radical (unpaired) electrons. The van der Waals surface area contributed by atoms with Crippen molar-refractivity contribution in [2.45, 2.75) is 71.6 Å². The van der Waals surface area contributed by atoms with E-state index in [0.717, 1.165) is 17.8 Å². The molecular formula is C20H30. The van der Waals surface area contributed by atoms with E-state index < -0.39 is 0 Å². The molecule has 0 aromatic carbocycles. The smallest absolute Gasteiger partial charge is 0.00790 e. The standard InChI is InChI=1S/C20H30/c1-14-8-12-20(3)15(13-14)6-7-16-17-5-4-10-19(17,2)11-9-18(16)20/h13,16-18H,1,4-12H2,2-3H3/t16-,17-,18-,19-,20-/m0/s1. The minimum absolute atomic E-state index is 0.522. The first-order valence-corrected chi connectivity index (χ1v) is 8.92. The molecule has 4 aliphatic rings. The zero-order valence-corrected chi connectivity index (χ0v) is 13.4. The number of hydrogen-bond donors (Lipinski definition) is 0. The van der Waals surface area contributed by atoms with Gasteiger partial charge in [-0.15, -0.1) is 0 Å². The zero-order valence-electron chi connectivity index (χ0n) is 13.4. The number of fused-ring (bicyclic) bond motifs is 5. The summed E-state index contributed by atoms with van der Waals surface area (Å²) >= 11 is 0. The van der Waals surface area contributed by atoms with Crippen LogP contribution in [0, 0.1) is 28.6 Å². The molecule has 20 heavy (non-hydrogen) atoms. The van der Waals surface area contributed by atoms with Gasteiger partial charge >= 0.3 is 0 Å². The second-order valence-corrected chi connectivity index (χ2v) is 8.75. The topological polar surface area (TPSA) is 0 Å². The molecule has 0 spiro atoms. The normalized spacial score (nSPS) is 51.0. The van der Waals surface area contributed by atoms with E-state index in [1.807, 2.05) is 0 Å². The molecule has 0 N–H and O–H groups in total. The van der Waals surface area contributed by atoms with Crippen LogP contribution in [0.1, 0.15) is 71.6 Å². The van der Waals surface area contributed by atoms with Crippen LogP contribution in [0.15, 0.2) is 23.8 Å². The van der Waals surface area contributed by atoms with E-state index in [-0.39, 0.29) is 0 Å². The molecule has 0 aromatic rings. The Labute approximate surface area is 124 Å². The lowest BCUT2D eigenvalue weighted by molar-refractivity contribution is -0.0345. The largest absolute Gasteiger partial charge is 0.0958 e. The van der Waals surface area contributed by atoms with Crippen molar-refractivity contribution in [1.82, 2.24) is 0 Å². The van der Waals surface area contributed by atoms with Gasteiger partial charge in [-0.05, 0) is 80.0 Å². The summed E-state index contributed by atoms with van der Waals surface area (Å²) in [7, 11) is 0. The molecule has 110 valence electrons. The summed E-state index contributed by atoms with van der Waals surface area (Å²) in [6.07, 6.45) is 15.5. The van der Waals surface area contributed by atoms with Gasteiger partial charge in [-0.3, -0.25) is 0 Å². The van der Waals surface area contributed by atoms with Crippen LogP contribution in [0.2, 0.25) is 0 Å². The van der Waals surface area contributed by atoms with E-state index >= 15 is 0 Å². The van der Waals surface area contributed by atoms with Crippen molar-refractivity contribution in [1.29, 1.82) is 0 Å². The molecule has 0 nitrogen and oxygen atoms in total. The van der Waals surface area contributed by atoms with Crippen LogP contribution in [-0.2, 0) is 0 Å². The fourth-order valence-corrected chi connectivity index (χ4v) is 6.64. The highest BCUT2D eigenvalue weighted by Gasteiger charge is 2.55. The summed E-state index contributed by atoms with van der Waals surface area (Å²) in [4.78, 5) is 0. The summed E-state index contributed by atoms with van der Waals surface area (Å²) in [6, 6.07) is 0. The maximum Gasteiger partial charge on any atom is -0.00790 e. The van der Waals surface area contributed by atoms with Crippen LogP contribution in [0.4, 0.5) is 0 Å². The summed E-state index contributed by atoms with van der Waals surface area (Å²) in [6.45, 7) is 9.43. The van der Waals surface area contributed by atoms with Crippen LogP contribution in [0.5, 0.6) is 0 Å². The maximum absolute atomic E-state index is 4.23. The highest BCUT2D eigenvalue weighted by molar-refractivity contribution is 5.33. The van der Waals surface area contributed by atoms with Crippen LogP contribution < -0.4 is 0 Å². The van der Waals surface area contributed by atoms with E-state index in [0.29, 0.717) is 10.8 Å². The second kappa shape index (κ2) is 4.24. The molecule has 4 aliphatic carbocycles. The molecule has 0 bridgehead atoms. The van der Waals surface area contributed by atoms with Crippen LogP contribution in [-0.4, -0.2) is 0 Å². The molecule has 3 saturated carbocycles. The quantitative estimate of drug-likeness (QED) is 0.514. The molecule has 0 heteroatoms. The van der Waals surface area contributed by atoms with Gasteiger partial charge in [-0.25, -0.2) is 0 Å². The molecule has 0 amide bonds. The number of hydrogen-bond acceptors (Lipinski definition) is 0. The van der Waals surface area contributed by atoms with E-state index in [2.05, 4.69) is 26.5 Å². The average Bonchev–Trinajstić information content (AvgIpc) is 2.81. The van der Waals surface area contributed by atoms with E-state index in [1.54, 1.807) is 5.57 Å². The maximum atomic E-state index is 4.23. The van der Waals surface area contributed by atoms with Gasteiger partial charge in [0, 0.05) is 0 Å². The monoisotopic (exact) mass is 270 g/mol. The minimum Gasteiger partial charge on any atom is -0.0958 e. The Morgan fingerprint density at radius 3 is 2.70 bits per heavy atom. The molecule has 5 atom stereocenters. The Bertz CT molecular complexity index is 470. The van der Waals surface area contributed by atoms with Crippen molar-refractivity contribution in [2.24, 2.45) is 28.6 Å². The van der Waals surface area contributed by atoms with Gasteiger partial charge in [0.25, 0.3) is 0 Å². The molecule has 3 fully saturated rings. The highest BCUT2D eigenvalue weighted by atomic mass is 14.6. The van der Waals surface area contributed by atoms with Crippen molar-refractivity contribution in [3.8, 4) is 0 Å². The predicted octanol–water partition coefficient (Wildman–Crippen LogP) is 5.90. The molecule has 0 unspecified atom stereocenters. The lowest BCUT2D eigenvalue weighted by Gasteiger charge is -2.57. The molecule has 0 aliphatic heterocycles. The van der Waals surface area contributed by atoms with Crippen molar-refractivity contribution in [2.75, 3.05) is 0 Å². The van der Waals surface area contributed by atoms with E-state index in [9.17, 15) is 0 Å². The third-order valence-corrected chi connectivity index (χ3v) is 7.86. The Balaban J connectivity index is 1.69. The fraction of sp³-hybridized carbons (Fsp3) is 0.800. The fourth-order valence-electron chi connectivity index (χ4n) is 6.64. The van der Waals surface area contributed by atoms with Gasteiger partial charge in [0.2, 0.25) is 0 Å². The zero-order chi connectivity index (χ0) is 14.0. The van der Waals surface area contributed by atoms with E-state index in [4.69, 9.17) is 0 Å². The Kier molecular flexibility index (Phi) is 2.79. The van der Waals surface area contributed by atoms with Gasteiger partial charge in [-0.1, -0.05) is 44.1 Å². The predicted molar refractivity (Wildman–Crippen MR) is 85.5 cm³/mol. The van der Waals surface area contributed by atoms with E-state index in [1.165, 1.54) is 63.4 Å². The first-order valence-electron chi connectivity index (χ1n) is 8.92. The first-order chi connectivity index (χ1) is 9.53. The van der Waals surface area contributed by atoms with Crippen molar-refractivity contribution >= 4 is 0 Å². The van der Waals surface area contributed by atoms with Crippen LogP contribution in [0.3, 0.4) is 0 Å². The minimum atomic E-state index is 0.522. The summed E-state index contributed by atoms with van der Waals surface area (Å²) < 4.78 is 0. The number of allylic oxidation sites excluding steroid dienone is 3. The lowest BCUT2D eigenvalue weighted by Crippen LogP contribution is -2.48. The molecule has 0 aromatic heterocycles. The van der Waals surface area contributed by atoms with Gasteiger partial charge < -0.3 is 0 Å². The second-order valence-electron chi connectivity index (χ2n) is 8.75. The van der Waals surface area contributed by atoms with Crippen LogP contribution >= 0.6 is 0 Å². The third kappa shape index (κ3) is 1.66. The summed E-state index contributed by atoms with van der Waals surface area (Å²) in [5, 5.41) is 0. The molecule has 0 saturated heterocycles. The van der Waals surface area contributed by atoms with Gasteiger partial charge in [0.15, 0.2) is 0 Å². The van der Waals surface area contributed by atoms with Crippen molar-refractivity contribution < 1.29 is 0 Å². The SMILES string of the molecule is C=C1C=C2CC[C@H]3[C@@H]4CCC[C@@]4(C)CC[C@@H]3[C@@]2(C)CC1. The number of rotatable bonds is 0. The summed E-state index contributed by atoms with van der Waals surface area (Å²) in [5.74, 6) is 3.06. The Hall–Kier alpha value is -0.520. The van der Waals surface area contributed by atoms with Gasteiger partial charge in [-0.2, -0.15) is 0 Å². The van der Waals surface area contributed by atoms with Crippen LogP contribution in [0.25, 0.3) is 0 Å². The average molecular weight is 270 g/mol. The van der Waals surface area contributed by atoms with Gasteiger partial charge in [0.05, 0.1) is 0 Å².